The molecule has 1 aliphatic heterocycles. The molecule has 0 atom stereocenters. The lowest BCUT2D eigenvalue weighted by atomic mass is 10.1. The van der Waals surface area contributed by atoms with Gasteiger partial charge in [-0.1, -0.05) is 35.9 Å². The summed E-state index contributed by atoms with van der Waals surface area (Å²) in [5, 5.41) is 21.0. The second-order valence-corrected chi connectivity index (χ2v) is 8.36. The normalized spacial score (nSPS) is 13.9. The minimum Gasteiger partial charge on any atom is -0.490 e. The fourth-order valence-electron chi connectivity index (χ4n) is 3.83. The summed E-state index contributed by atoms with van der Waals surface area (Å²) in [6, 6.07) is 18.5. The highest BCUT2D eigenvalue weighted by Gasteiger charge is 2.23. The van der Waals surface area contributed by atoms with Gasteiger partial charge in [0, 0.05) is 37.5 Å². The van der Waals surface area contributed by atoms with E-state index in [2.05, 4.69) is 26.5 Å². The molecule has 1 aromatic heterocycles. The molecule has 4 rings (SSSR count). The molecule has 0 saturated carbocycles. The summed E-state index contributed by atoms with van der Waals surface area (Å²) in [6.07, 6.45) is 1.74. The first kappa shape index (κ1) is 22.6. The Morgan fingerprint density at radius 3 is 2.70 bits per heavy atom. The average molecular weight is 462 g/mol. The monoisotopic (exact) mass is 461 g/mol. The molecule has 0 bridgehead atoms. The number of nitrogens with zero attached hydrogens (tertiary/aromatic N) is 4. The third-order valence-corrected chi connectivity index (χ3v) is 5.96. The molecule has 168 valence electrons. The van der Waals surface area contributed by atoms with Crippen LogP contribution in [0.2, 0.25) is 5.02 Å². The van der Waals surface area contributed by atoms with Crippen LogP contribution in [0.25, 0.3) is 0 Å². The summed E-state index contributed by atoms with van der Waals surface area (Å²) in [6.45, 7) is 3.81. The number of hydrogen-bond donors (Lipinski definition) is 1. The van der Waals surface area contributed by atoms with Crippen LogP contribution in [0.4, 0.5) is 5.82 Å². The standard InChI is InChI=1S/C25H24ClN5O2/c1-17-13-23(25(32)28-16-19-6-2-3-8-22(19)26)29-30-24(17)31-11-9-20(10-12-31)33-21-7-4-5-18(14-21)15-27/h2-8,13-14,20H,9-12,16H2,1H3,(H,28,32). The van der Waals surface area contributed by atoms with E-state index < -0.39 is 0 Å². The molecule has 8 heteroatoms. The Kier molecular flexibility index (Phi) is 7.06. The number of anilines is 1. The van der Waals surface area contributed by atoms with Crippen molar-refractivity contribution < 1.29 is 9.53 Å². The smallest absolute Gasteiger partial charge is 0.272 e. The van der Waals surface area contributed by atoms with Crippen LogP contribution in [0, 0.1) is 18.3 Å². The van der Waals surface area contributed by atoms with E-state index in [1.165, 1.54) is 0 Å². The molecule has 1 amide bonds. The molecule has 2 aromatic carbocycles. The van der Waals surface area contributed by atoms with Gasteiger partial charge in [0.2, 0.25) is 0 Å². The van der Waals surface area contributed by atoms with Gasteiger partial charge in [0.1, 0.15) is 11.9 Å². The predicted octanol–water partition coefficient (Wildman–Crippen LogP) is 4.29. The Balaban J connectivity index is 1.33. The van der Waals surface area contributed by atoms with Gasteiger partial charge in [-0.25, -0.2) is 0 Å². The Morgan fingerprint density at radius 1 is 1.18 bits per heavy atom. The first-order valence-corrected chi connectivity index (χ1v) is 11.2. The van der Waals surface area contributed by atoms with E-state index in [4.69, 9.17) is 21.6 Å². The lowest BCUT2D eigenvalue weighted by molar-refractivity contribution is 0.0945. The highest BCUT2D eigenvalue weighted by Crippen LogP contribution is 2.24. The van der Waals surface area contributed by atoms with Gasteiger partial charge in [-0.05, 0) is 48.4 Å². The number of aryl methyl sites for hydroxylation is 1. The number of carbonyl (C=O) groups is 1. The zero-order chi connectivity index (χ0) is 23.2. The van der Waals surface area contributed by atoms with Crippen LogP contribution in [0.5, 0.6) is 5.75 Å². The zero-order valence-electron chi connectivity index (χ0n) is 18.3. The number of benzene rings is 2. The van der Waals surface area contributed by atoms with Crippen LogP contribution in [0.1, 0.15) is 40.0 Å². The number of nitrogens with one attached hydrogen (secondary N) is 1. The van der Waals surface area contributed by atoms with Gasteiger partial charge in [-0.3, -0.25) is 4.79 Å². The molecule has 0 radical (unpaired) electrons. The molecule has 3 aromatic rings. The molecule has 1 aliphatic rings. The van der Waals surface area contributed by atoms with Gasteiger partial charge in [0.05, 0.1) is 11.6 Å². The number of carbonyl (C=O) groups excluding carboxylic acids is 1. The summed E-state index contributed by atoms with van der Waals surface area (Å²) in [7, 11) is 0. The van der Waals surface area contributed by atoms with Crippen LogP contribution in [0.3, 0.4) is 0 Å². The number of piperidine rings is 1. The van der Waals surface area contributed by atoms with Crippen molar-refractivity contribution in [1.29, 1.82) is 5.26 Å². The third-order valence-electron chi connectivity index (χ3n) is 5.60. The van der Waals surface area contributed by atoms with Gasteiger partial charge in [-0.2, -0.15) is 5.26 Å². The van der Waals surface area contributed by atoms with Crippen LogP contribution in [-0.2, 0) is 6.54 Å². The first-order valence-electron chi connectivity index (χ1n) is 10.8. The number of hydrogen-bond acceptors (Lipinski definition) is 6. The van der Waals surface area contributed by atoms with Crippen LogP contribution < -0.4 is 15.0 Å². The van der Waals surface area contributed by atoms with Crippen molar-refractivity contribution in [2.24, 2.45) is 0 Å². The fraction of sp³-hybridized carbons (Fsp3) is 0.280. The number of amides is 1. The van der Waals surface area contributed by atoms with E-state index in [1.807, 2.05) is 37.3 Å². The first-order chi connectivity index (χ1) is 16.0. The molecule has 1 fully saturated rings. The van der Waals surface area contributed by atoms with Gasteiger partial charge in [0.15, 0.2) is 11.5 Å². The van der Waals surface area contributed by atoms with E-state index in [0.29, 0.717) is 17.1 Å². The summed E-state index contributed by atoms with van der Waals surface area (Å²) in [5.74, 6) is 1.21. The van der Waals surface area contributed by atoms with E-state index in [0.717, 1.165) is 48.6 Å². The summed E-state index contributed by atoms with van der Waals surface area (Å²) in [5.41, 5.74) is 2.61. The molecule has 0 spiro atoms. The second-order valence-electron chi connectivity index (χ2n) is 7.95. The third kappa shape index (κ3) is 5.60. The second kappa shape index (κ2) is 10.3. The SMILES string of the molecule is Cc1cc(C(=O)NCc2ccccc2Cl)nnc1N1CCC(Oc2cccc(C#N)c2)CC1. The van der Waals surface area contributed by atoms with Crippen molar-refractivity contribution in [3.8, 4) is 11.8 Å². The van der Waals surface area contributed by atoms with Crippen molar-refractivity contribution in [1.82, 2.24) is 15.5 Å². The maximum absolute atomic E-state index is 12.5. The van der Waals surface area contributed by atoms with Crippen molar-refractivity contribution in [3.05, 3.63) is 82.0 Å². The van der Waals surface area contributed by atoms with Crippen molar-refractivity contribution in [2.45, 2.75) is 32.4 Å². The maximum atomic E-state index is 12.5. The van der Waals surface area contributed by atoms with Crippen LogP contribution >= 0.6 is 11.6 Å². The number of nitriles is 1. The minimum atomic E-state index is -0.288. The molecule has 0 unspecified atom stereocenters. The fourth-order valence-corrected chi connectivity index (χ4v) is 4.03. The van der Waals surface area contributed by atoms with Crippen molar-refractivity contribution >= 4 is 23.3 Å². The van der Waals surface area contributed by atoms with Gasteiger partial charge in [-0.15, -0.1) is 10.2 Å². The van der Waals surface area contributed by atoms with E-state index in [1.54, 1.807) is 24.3 Å². The van der Waals surface area contributed by atoms with Crippen molar-refractivity contribution in [2.75, 3.05) is 18.0 Å². The summed E-state index contributed by atoms with van der Waals surface area (Å²) in [4.78, 5) is 14.7. The highest BCUT2D eigenvalue weighted by atomic mass is 35.5. The minimum absolute atomic E-state index is 0.0818. The summed E-state index contributed by atoms with van der Waals surface area (Å²) >= 11 is 6.15. The number of aromatic nitrogens is 2. The lowest BCUT2D eigenvalue weighted by Crippen LogP contribution is -2.39. The molecule has 0 aliphatic carbocycles. The van der Waals surface area contributed by atoms with Crippen LogP contribution in [-0.4, -0.2) is 35.3 Å². The van der Waals surface area contributed by atoms with E-state index >= 15 is 0 Å². The van der Waals surface area contributed by atoms with E-state index in [-0.39, 0.29) is 17.7 Å². The molecule has 7 nitrogen and oxygen atoms in total. The number of rotatable bonds is 6. The zero-order valence-corrected chi connectivity index (χ0v) is 19.0. The Hall–Kier alpha value is -3.63. The van der Waals surface area contributed by atoms with Gasteiger partial charge >= 0.3 is 0 Å². The quantitative estimate of drug-likeness (QED) is 0.588. The Labute approximate surface area is 198 Å². The molecule has 1 saturated heterocycles. The topological polar surface area (TPSA) is 91.1 Å². The Bertz CT molecular complexity index is 1190. The number of ether oxygens (including phenoxy) is 1. The maximum Gasteiger partial charge on any atom is 0.272 e. The van der Waals surface area contributed by atoms with Crippen molar-refractivity contribution in [3.63, 3.8) is 0 Å². The average Bonchev–Trinajstić information content (AvgIpc) is 2.84. The highest BCUT2D eigenvalue weighted by molar-refractivity contribution is 6.31. The molecule has 2 heterocycles. The largest absolute Gasteiger partial charge is 0.490 e. The number of halogens is 1. The molecular formula is C25H24ClN5O2. The lowest BCUT2D eigenvalue weighted by Gasteiger charge is -2.33. The van der Waals surface area contributed by atoms with E-state index in [9.17, 15) is 4.79 Å². The molecular weight excluding hydrogens is 438 g/mol. The Morgan fingerprint density at radius 2 is 1.97 bits per heavy atom. The van der Waals surface area contributed by atoms with Gasteiger partial charge < -0.3 is 15.0 Å². The van der Waals surface area contributed by atoms with Gasteiger partial charge in [0.25, 0.3) is 5.91 Å². The summed E-state index contributed by atoms with van der Waals surface area (Å²) < 4.78 is 6.06. The molecule has 33 heavy (non-hydrogen) atoms. The van der Waals surface area contributed by atoms with Crippen LogP contribution in [0.15, 0.2) is 54.6 Å². The molecule has 1 N–H and O–H groups in total. The predicted molar refractivity (Wildman–Crippen MR) is 126 cm³/mol.